The number of fused-ring (bicyclic) bond motifs is 3. The molecule has 6 nitrogen and oxygen atoms in total. The van der Waals surface area contributed by atoms with Gasteiger partial charge in [0.2, 0.25) is 0 Å². The number of likely N-dealkylation sites (tertiary alicyclic amines) is 1. The average molecular weight is 479 g/mol. The van der Waals surface area contributed by atoms with Gasteiger partial charge in [0.1, 0.15) is 5.75 Å². The first-order valence-electron chi connectivity index (χ1n) is 12.5. The fraction of sp³-hybridized carbons (Fsp3) is 0.267. The lowest BCUT2D eigenvalue weighted by molar-refractivity contribution is 0.0888. The van der Waals surface area contributed by atoms with E-state index in [1.54, 1.807) is 13.4 Å². The fourth-order valence-electron chi connectivity index (χ4n) is 5.73. The number of rotatable bonds is 5. The van der Waals surface area contributed by atoms with E-state index in [4.69, 9.17) is 4.74 Å². The van der Waals surface area contributed by atoms with Gasteiger partial charge in [-0.15, -0.1) is 0 Å². The smallest absolute Gasteiger partial charge is 0.251 e. The molecule has 0 bridgehead atoms. The number of amides is 1. The third-order valence-electron chi connectivity index (χ3n) is 7.39. The van der Waals surface area contributed by atoms with Gasteiger partial charge in [0.05, 0.1) is 30.9 Å². The standard InChI is InChI=1S/C30H30N4O2/c1-20-17-34(19-31-20)27-14-13-21(16-28(27)36-2)30(35)32-22-8-7-15-33(18-22)29-25-11-5-3-9-23(25)24-10-4-6-12-26(24)29/h3-6,9-14,16-17,19,22,29H,7-8,15,18H2,1-2H3,(H,32,35). The van der Waals surface area contributed by atoms with E-state index in [1.165, 1.54) is 22.3 Å². The molecular weight excluding hydrogens is 448 g/mol. The van der Waals surface area contributed by atoms with E-state index in [9.17, 15) is 4.79 Å². The van der Waals surface area contributed by atoms with Crippen molar-refractivity contribution in [2.45, 2.75) is 31.8 Å². The van der Waals surface area contributed by atoms with Crippen LogP contribution in [0.2, 0.25) is 0 Å². The highest BCUT2D eigenvalue weighted by atomic mass is 16.5. The van der Waals surface area contributed by atoms with E-state index < -0.39 is 0 Å². The highest BCUT2D eigenvalue weighted by Gasteiger charge is 2.35. The molecule has 0 spiro atoms. The lowest BCUT2D eigenvalue weighted by atomic mass is 9.98. The largest absolute Gasteiger partial charge is 0.495 e. The fourth-order valence-corrected chi connectivity index (χ4v) is 5.73. The summed E-state index contributed by atoms with van der Waals surface area (Å²) in [6, 6.07) is 23.3. The summed E-state index contributed by atoms with van der Waals surface area (Å²) in [5, 5.41) is 3.30. The molecule has 1 fully saturated rings. The Kier molecular flexibility index (Phi) is 5.82. The van der Waals surface area contributed by atoms with Crippen molar-refractivity contribution >= 4 is 5.91 Å². The molecule has 1 N–H and O–H groups in total. The van der Waals surface area contributed by atoms with Crippen LogP contribution in [-0.2, 0) is 0 Å². The van der Waals surface area contributed by atoms with Crippen molar-refractivity contribution in [3.63, 3.8) is 0 Å². The Morgan fingerprint density at radius 2 is 1.75 bits per heavy atom. The molecule has 1 atom stereocenters. The monoisotopic (exact) mass is 478 g/mol. The molecule has 0 radical (unpaired) electrons. The highest BCUT2D eigenvalue weighted by Crippen LogP contribution is 2.46. The van der Waals surface area contributed by atoms with Crippen LogP contribution in [0.4, 0.5) is 0 Å². The molecule has 1 aliphatic heterocycles. The number of imidazole rings is 1. The minimum atomic E-state index is -0.0688. The summed E-state index contributed by atoms with van der Waals surface area (Å²) in [7, 11) is 1.63. The summed E-state index contributed by atoms with van der Waals surface area (Å²) in [5.41, 5.74) is 7.75. The number of ether oxygens (including phenoxy) is 1. The highest BCUT2D eigenvalue weighted by molar-refractivity contribution is 5.95. The van der Waals surface area contributed by atoms with Gasteiger partial charge in [0, 0.05) is 24.3 Å². The molecule has 1 saturated heterocycles. The second-order valence-corrected chi connectivity index (χ2v) is 9.69. The lowest BCUT2D eigenvalue weighted by Crippen LogP contribution is -2.48. The molecule has 3 aromatic carbocycles. The number of carbonyl (C=O) groups excluding carboxylic acids is 1. The number of benzene rings is 3. The Morgan fingerprint density at radius 3 is 2.42 bits per heavy atom. The summed E-state index contributed by atoms with van der Waals surface area (Å²) < 4.78 is 7.51. The third-order valence-corrected chi connectivity index (χ3v) is 7.39. The maximum atomic E-state index is 13.3. The Hall–Kier alpha value is -3.90. The van der Waals surface area contributed by atoms with Crippen LogP contribution in [0.25, 0.3) is 16.8 Å². The van der Waals surface area contributed by atoms with Gasteiger partial charge in [0.25, 0.3) is 5.91 Å². The summed E-state index contributed by atoms with van der Waals surface area (Å²) >= 11 is 0. The Bertz CT molecular complexity index is 1380. The van der Waals surface area contributed by atoms with E-state index in [1.807, 2.05) is 35.9 Å². The normalized spacial score (nSPS) is 17.4. The number of aromatic nitrogens is 2. The van der Waals surface area contributed by atoms with Crippen LogP contribution in [0.1, 0.15) is 46.1 Å². The second-order valence-electron chi connectivity index (χ2n) is 9.69. The number of carbonyl (C=O) groups is 1. The topological polar surface area (TPSA) is 59.4 Å². The Balaban J connectivity index is 1.20. The van der Waals surface area contributed by atoms with Gasteiger partial charge in [-0.2, -0.15) is 0 Å². The molecule has 0 saturated carbocycles. The zero-order valence-electron chi connectivity index (χ0n) is 20.6. The van der Waals surface area contributed by atoms with Crippen molar-refractivity contribution in [2.24, 2.45) is 0 Å². The van der Waals surface area contributed by atoms with E-state index in [-0.39, 0.29) is 18.0 Å². The van der Waals surface area contributed by atoms with Crippen LogP contribution in [0.3, 0.4) is 0 Å². The number of piperidine rings is 1. The van der Waals surface area contributed by atoms with Gasteiger partial charge in [0.15, 0.2) is 0 Å². The average Bonchev–Trinajstić information content (AvgIpc) is 3.49. The number of methoxy groups -OCH3 is 1. The molecule has 6 heteroatoms. The van der Waals surface area contributed by atoms with Crippen molar-refractivity contribution in [2.75, 3.05) is 20.2 Å². The first-order chi connectivity index (χ1) is 17.6. The first-order valence-corrected chi connectivity index (χ1v) is 12.5. The maximum absolute atomic E-state index is 13.3. The molecule has 2 aliphatic rings. The van der Waals surface area contributed by atoms with Crippen molar-refractivity contribution in [1.29, 1.82) is 0 Å². The number of nitrogens with zero attached hydrogens (tertiary/aromatic N) is 3. The SMILES string of the molecule is COc1cc(C(=O)NC2CCCN(C3c4ccccc4-c4ccccc43)C2)ccc1-n1cnc(C)c1. The van der Waals surface area contributed by atoms with Crippen molar-refractivity contribution < 1.29 is 9.53 Å². The molecule has 2 heterocycles. The van der Waals surface area contributed by atoms with Crippen LogP contribution in [-0.4, -0.2) is 46.6 Å². The van der Waals surface area contributed by atoms with Gasteiger partial charge in [-0.1, -0.05) is 48.5 Å². The van der Waals surface area contributed by atoms with Gasteiger partial charge < -0.3 is 14.6 Å². The molecular formula is C30H30N4O2. The minimum Gasteiger partial charge on any atom is -0.495 e. The van der Waals surface area contributed by atoms with Crippen LogP contribution < -0.4 is 10.1 Å². The number of nitrogens with one attached hydrogen (secondary N) is 1. The van der Waals surface area contributed by atoms with Gasteiger partial charge >= 0.3 is 0 Å². The molecule has 1 aromatic heterocycles. The quantitative estimate of drug-likeness (QED) is 0.431. The minimum absolute atomic E-state index is 0.0688. The predicted octanol–water partition coefficient (Wildman–Crippen LogP) is 5.15. The number of hydrogen-bond donors (Lipinski definition) is 1. The van der Waals surface area contributed by atoms with Crippen LogP contribution in [0.15, 0.2) is 79.3 Å². The molecule has 1 amide bonds. The van der Waals surface area contributed by atoms with E-state index in [0.717, 1.165) is 37.3 Å². The van der Waals surface area contributed by atoms with Crippen molar-refractivity contribution in [3.8, 4) is 22.6 Å². The zero-order valence-corrected chi connectivity index (χ0v) is 20.6. The van der Waals surface area contributed by atoms with E-state index >= 15 is 0 Å². The molecule has 1 unspecified atom stereocenters. The van der Waals surface area contributed by atoms with Gasteiger partial charge in [-0.05, 0) is 66.8 Å². The molecule has 182 valence electrons. The second kappa shape index (κ2) is 9.28. The maximum Gasteiger partial charge on any atom is 0.251 e. The number of hydrogen-bond acceptors (Lipinski definition) is 4. The van der Waals surface area contributed by atoms with Crippen LogP contribution in [0.5, 0.6) is 5.75 Å². The van der Waals surface area contributed by atoms with Crippen LogP contribution >= 0.6 is 0 Å². The number of aryl methyl sites for hydroxylation is 1. The Labute approximate surface area is 211 Å². The molecule has 36 heavy (non-hydrogen) atoms. The summed E-state index contributed by atoms with van der Waals surface area (Å²) in [4.78, 5) is 20.1. The van der Waals surface area contributed by atoms with Gasteiger partial charge in [-0.25, -0.2) is 4.98 Å². The molecule has 6 rings (SSSR count). The molecule has 4 aromatic rings. The molecule has 1 aliphatic carbocycles. The summed E-state index contributed by atoms with van der Waals surface area (Å²) in [6.45, 7) is 3.79. The zero-order chi connectivity index (χ0) is 24.6. The van der Waals surface area contributed by atoms with Crippen molar-refractivity contribution in [1.82, 2.24) is 19.8 Å². The van der Waals surface area contributed by atoms with Gasteiger partial charge in [-0.3, -0.25) is 9.69 Å². The lowest BCUT2D eigenvalue weighted by Gasteiger charge is -2.38. The van der Waals surface area contributed by atoms with E-state index in [0.29, 0.717) is 11.3 Å². The first kappa shape index (κ1) is 22.6. The third kappa shape index (κ3) is 3.97. The predicted molar refractivity (Wildman–Crippen MR) is 141 cm³/mol. The van der Waals surface area contributed by atoms with E-state index in [2.05, 4.69) is 63.7 Å². The van der Waals surface area contributed by atoms with Crippen molar-refractivity contribution in [3.05, 3.63) is 102 Å². The summed E-state index contributed by atoms with van der Waals surface area (Å²) in [6.07, 6.45) is 5.71. The van der Waals surface area contributed by atoms with Crippen LogP contribution in [0, 0.1) is 6.92 Å². The Morgan fingerprint density at radius 1 is 1.03 bits per heavy atom. The summed E-state index contributed by atoms with van der Waals surface area (Å²) in [5.74, 6) is 0.574.